The number of hydrogen-bond acceptors (Lipinski definition) is 6. The molecule has 2 aliphatic carbocycles. The van der Waals surface area contributed by atoms with Crippen LogP contribution in [-0.4, -0.2) is 25.4 Å². The molecule has 103 heavy (non-hydrogen) atoms. The lowest BCUT2D eigenvalue weighted by Crippen LogP contribution is -2.38. The largest absolute Gasteiger partial charge is 0.427 e. The van der Waals surface area contributed by atoms with Crippen molar-refractivity contribution >= 4 is 17.2 Å². The first kappa shape index (κ1) is 94.1. The van der Waals surface area contributed by atoms with Gasteiger partial charge in [0.2, 0.25) is 0 Å². The van der Waals surface area contributed by atoms with Gasteiger partial charge >= 0.3 is 17.2 Å². The Bertz CT molecular complexity index is 1910. The van der Waals surface area contributed by atoms with Crippen molar-refractivity contribution < 1.29 is 27.1 Å². The van der Waals surface area contributed by atoms with Crippen LogP contribution < -0.4 is 9.05 Å². The highest BCUT2D eigenvalue weighted by molar-refractivity contribution is 7.42. The predicted octanol–water partition coefficient (Wildman–Crippen LogP) is 34.4. The third-order valence-corrected chi connectivity index (χ3v) is 26.6. The minimum Gasteiger partial charge on any atom is -0.427 e. The van der Waals surface area contributed by atoms with Crippen molar-refractivity contribution in [2.45, 2.75) is 503 Å². The van der Waals surface area contributed by atoms with E-state index in [0.29, 0.717) is 25.0 Å². The van der Waals surface area contributed by atoms with Gasteiger partial charge in [0.05, 0.1) is 25.4 Å². The van der Waals surface area contributed by atoms with Gasteiger partial charge in [0.15, 0.2) is 0 Å². The van der Waals surface area contributed by atoms with E-state index in [1.54, 1.807) is 0 Å². The molecule has 4 rings (SSSR count). The van der Waals surface area contributed by atoms with Crippen LogP contribution in [0.3, 0.4) is 0 Å². The quantitative estimate of drug-likeness (QED) is 0.0486. The van der Waals surface area contributed by atoms with Crippen LogP contribution in [0, 0.1) is 17.3 Å². The van der Waals surface area contributed by atoms with Crippen LogP contribution in [0.1, 0.15) is 489 Å². The molecule has 2 aromatic rings. The zero-order valence-corrected chi connectivity index (χ0v) is 71.5. The molecule has 2 atom stereocenters. The molecular weight excluding hydrogens is 1300 g/mol. The zero-order chi connectivity index (χ0) is 73.1. The van der Waals surface area contributed by atoms with Gasteiger partial charge in [-0.2, -0.15) is 0 Å². The van der Waals surface area contributed by atoms with Gasteiger partial charge in [0, 0.05) is 0 Å². The Kier molecular flexibility index (Phi) is 62.8. The molecule has 0 bridgehead atoms. The molecule has 600 valence electrons. The minimum absolute atomic E-state index is 0.177. The molecule has 0 spiro atoms. The number of aryl methyl sites for hydroxylation is 2. The van der Waals surface area contributed by atoms with Gasteiger partial charge in [0.25, 0.3) is 0 Å². The molecule has 0 aromatic heterocycles. The summed E-state index contributed by atoms with van der Waals surface area (Å²) >= 11 is 0. The fraction of sp³-hybridized carbons (Fsp3) is 0.874. The van der Waals surface area contributed by atoms with E-state index in [9.17, 15) is 0 Å². The monoisotopic (exact) mass is 1470 g/mol. The molecule has 0 saturated heterocycles. The van der Waals surface area contributed by atoms with Crippen molar-refractivity contribution in [2.24, 2.45) is 17.3 Å². The van der Waals surface area contributed by atoms with E-state index < -0.39 is 17.2 Å². The third-order valence-electron chi connectivity index (χ3n) is 24.2. The highest BCUT2D eigenvalue weighted by Crippen LogP contribution is 2.53. The zero-order valence-electron chi connectivity index (χ0n) is 69.7. The summed E-state index contributed by atoms with van der Waals surface area (Å²) in [5, 5.41) is 0. The summed E-state index contributed by atoms with van der Waals surface area (Å²) in [6.45, 7) is 15.8. The molecule has 0 aliphatic heterocycles. The Labute approximate surface area is 645 Å². The van der Waals surface area contributed by atoms with Crippen LogP contribution in [0.4, 0.5) is 0 Å². The topological polar surface area (TPSA) is 55.4 Å². The van der Waals surface area contributed by atoms with E-state index in [4.69, 9.17) is 27.1 Å². The second kappa shape index (κ2) is 68.7. The SMILES string of the molecule is CCCCCCCCCCCCCCCCCOP(Oc1ccc(CCCCCCCCCCCCCCCCC)cc1)OC1CCC(C(C)(C)C2CCC(OP(OCCCCCCCCCCCCCCCCC)Oc3ccc(CCCCCCCCCCCCCCCCC)cc3)CC2)CC1. The lowest BCUT2D eigenvalue weighted by Gasteiger charge is -2.46. The summed E-state index contributed by atoms with van der Waals surface area (Å²) in [7, 11) is -2.96. The molecule has 0 amide bonds. The number of unbranched alkanes of at least 4 members (excludes halogenated alkanes) is 56. The maximum absolute atomic E-state index is 6.93. The summed E-state index contributed by atoms with van der Waals surface area (Å²) in [6.07, 6.45) is 94.9. The molecule has 2 fully saturated rings. The lowest BCUT2D eigenvalue weighted by molar-refractivity contribution is 0.00601. The predicted molar refractivity (Wildman–Crippen MR) is 454 cm³/mol. The summed E-state index contributed by atoms with van der Waals surface area (Å²) in [5.41, 5.74) is 3.09. The van der Waals surface area contributed by atoms with Crippen LogP contribution in [0.5, 0.6) is 11.5 Å². The Morgan fingerprint density at radius 1 is 0.252 bits per heavy atom. The number of benzene rings is 2. The molecule has 0 heterocycles. The van der Waals surface area contributed by atoms with Gasteiger partial charge in [-0.25, -0.2) is 0 Å². The maximum atomic E-state index is 6.93. The van der Waals surface area contributed by atoms with Crippen LogP contribution in [0.2, 0.25) is 0 Å². The third kappa shape index (κ3) is 52.5. The smallest absolute Gasteiger partial charge is 0.397 e. The highest BCUT2D eigenvalue weighted by Gasteiger charge is 2.42. The fourth-order valence-corrected chi connectivity index (χ4v) is 19.2. The lowest BCUT2D eigenvalue weighted by atomic mass is 9.60. The van der Waals surface area contributed by atoms with E-state index >= 15 is 0 Å². The molecule has 0 N–H and O–H groups in total. The average molecular weight is 1470 g/mol. The van der Waals surface area contributed by atoms with Crippen molar-refractivity contribution in [1.82, 2.24) is 0 Å². The van der Waals surface area contributed by atoms with Crippen molar-refractivity contribution in [2.75, 3.05) is 13.2 Å². The Hall–Kier alpha value is -1.26. The standard InChI is InChI=1S/C95H174O6P2/c1-7-11-15-19-23-27-31-35-39-43-47-51-55-59-63-67-87-69-77-91(78-70-87)98-102(96-85-65-61-57-53-49-45-41-37-33-29-25-21-17-13-9-3)100-93-81-73-89(74-82-93)95(5,6)90-75-83-94(84-76-90)101-103(97-86-66-62-58-54-50-46-42-38-34-30-26-22-18-14-10-4)99-92-79-71-88(72-80-92)68-64-60-56-52-48-44-40-36-32-28-24-20-16-12-8-2/h69-72,77-80,89-90,93-94H,7-68,73-76,81-86H2,1-6H3. The van der Waals surface area contributed by atoms with E-state index in [2.05, 4.69) is 90.1 Å². The van der Waals surface area contributed by atoms with Crippen LogP contribution >= 0.6 is 17.2 Å². The van der Waals surface area contributed by atoms with Crippen molar-refractivity contribution in [3.05, 3.63) is 59.7 Å². The first-order valence-electron chi connectivity index (χ1n) is 46.6. The van der Waals surface area contributed by atoms with Gasteiger partial charge in [-0.05, 0) is 143 Å². The number of rotatable bonds is 76. The molecule has 2 unspecified atom stereocenters. The summed E-state index contributed by atoms with van der Waals surface area (Å²) < 4.78 is 40.5. The summed E-state index contributed by atoms with van der Waals surface area (Å²) in [4.78, 5) is 0. The second-order valence-electron chi connectivity index (χ2n) is 33.9. The second-order valence-corrected chi connectivity index (χ2v) is 36.1. The van der Waals surface area contributed by atoms with Crippen molar-refractivity contribution in [1.29, 1.82) is 0 Å². The van der Waals surface area contributed by atoms with Gasteiger partial charge in [-0.15, -0.1) is 0 Å². The van der Waals surface area contributed by atoms with Crippen LogP contribution in [-0.2, 0) is 30.9 Å². The van der Waals surface area contributed by atoms with Crippen LogP contribution in [0.25, 0.3) is 0 Å². The van der Waals surface area contributed by atoms with Crippen molar-refractivity contribution in [3.63, 3.8) is 0 Å². The molecule has 8 heteroatoms. The maximum Gasteiger partial charge on any atom is 0.397 e. The van der Waals surface area contributed by atoms with E-state index in [-0.39, 0.29) is 17.6 Å². The number of hydrogen-bond donors (Lipinski definition) is 0. The molecular formula is C95H174O6P2. The Balaban J connectivity index is 1.20. The molecule has 2 aliphatic rings. The fourth-order valence-electron chi connectivity index (χ4n) is 16.8. The summed E-state index contributed by atoms with van der Waals surface area (Å²) in [6, 6.07) is 17.9. The van der Waals surface area contributed by atoms with E-state index in [1.807, 2.05) is 0 Å². The molecule has 6 nitrogen and oxygen atoms in total. The van der Waals surface area contributed by atoms with Gasteiger partial charge in [-0.1, -0.05) is 425 Å². The average Bonchev–Trinajstić information content (AvgIpc) is 0.807. The van der Waals surface area contributed by atoms with Crippen LogP contribution in [0.15, 0.2) is 48.5 Å². The van der Waals surface area contributed by atoms with Gasteiger partial charge < -0.3 is 18.1 Å². The van der Waals surface area contributed by atoms with Gasteiger partial charge in [0.1, 0.15) is 11.5 Å². The molecule has 2 saturated carbocycles. The Morgan fingerprint density at radius 3 is 0.660 bits per heavy atom. The normalized spacial score (nSPS) is 17.1. The highest BCUT2D eigenvalue weighted by atomic mass is 31.2. The van der Waals surface area contributed by atoms with E-state index in [0.717, 1.165) is 62.9 Å². The molecule has 2 aromatic carbocycles. The minimum atomic E-state index is -1.48. The Morgan fingerprint density at radius 2 is 0.447 bits per heavy atom. The first-order chi connectivity index (χ1) is 50.8. The first-order valence-corrected chi connectivity index (χ1v) is 48.8. The van der Waals surface area contributed by atoms with E-state index in [1.165, 1.54) is 409 Å². The van der Waals surface area contributed by atoms with Crippen molar-refractivity contribution in [3.8, 4) is 11.5 Å². The van der Waals surface area contributed by atoms with Gasteiger partial charge in [-0.3, -0.25) is 9.05 Å². The molecule has 0 radical (unpaired) electrons. The summed E-state index contributed by atoms with van der Waals surface area (Å²) in [5.74, 6) is 3.14.